The third-order valence-electron chi connectivity index (χ3n) is 3.26. The number of halogens is 1. The Labute approximate surface area is 138 Å². The molecule has 0 aliphatic rings. The molecular weight excluding hydrogens is 314 g/mol. The van der Waals surface area contributed by atoms with Crippen molar-refractivity contribution < 1.29 is 4.79 Å². The fourth-order valence-corrected chi connectivity index (χ4v) is 2.33. The molecule has 0 spiro atoms. The molecular formula is C16H16ClN5O. The number of fused-ring (bicyclic) bond motifs is 1. The van der Waals surface area contributed by atoms with Crippen LogP contribution in [0.15, 0.2) is 42.9 Å². The van der Waals surface area contributed by atoms with E-state index in [4.69, 9.17) is 11.6 Å². The Balaban J connectivity index is 1.85. The van der Waals surface area contributed by atoms with Crippen LogP contribution in [0.25, 0.3) is 5.78 Å². The minimum Gasteiger partial charge on any atom is -0.383 e. The number of nitrogens with zero attached hydrogens (tertiary/aromatic N) is 3. The number of hydrogen-bond acceptors (Lipinski definition) is 4. The zero-order chi connectivity index (χ0) is 16.2. The predicted octanol–water partition coefficient (Wildman–Crippen LogP) is 3.46. The van der Waals surface area contributed by atoms with Crippen LogP contribution in [0.1, 0.15) is 23.8 Å². The zero-order valence-corrected chi connectivity index (χ0v) is 13.3. The molecule has 3 aromatic rings. The molecule has 2 N–H and O–H groups in total. The Bertz CT molecular complexity index is 812. The van der Waals surface area contributed by atoms with Crippen molar-refractivity contribution >= 4 is 34.7 Å². The number of benzene rings is 1. The number of imidazole rings is 1. The molecule has 0 fully saturated rings. The van der Waals surface area contributed by atoms with Crippen LogP contribution in [0.5, 0.6) is 0 Å². The normalized spacial score (nSPS) is 10.7. The molecule has 1 aromatic carbocycles. The second kappa shape index (κ2) is 6.66. The lowest BCUT2D eigenvalue weighted by molar-refractivity contribution is 0.102. The molecule has 0 unspecified atom stereocenters. The first kappa shape index (κ1) is 15.3. The monoisotopic (exact) mass is 329 g/mol. The molecule has 0 bridgehead atoms. The van der Waals surface area contributed by atoms with E-state index in [9.17, 15) is 4.79 Å². The van der Waals surface area contributed by atoms with Gasteiger partial charge in [0.2, 0.25) is 5.78 Å². The summed E-state index contributed by atoms with van der Waals surface area (Å²) >= 11 is 6.04. The summed E-state index contributed by atoms with van der Waals surface area (Å²) < 4.78 is 1.70. The first-order valence-electron chi connectivity index (χ1n) is 7.32. The quantitative estimate of drug-likeness (QED) is 0.752. The number of aromatic nitrogens is 3. The summed E-state index contributed by atoms with van der Waals surface area (Å²) in [6, 6.07) is 7.12. The van der Waals surface area contributed by atoms with E-state index in [-0.39, 0.29) is 5.91 Å². The Morgan fingerprint density at radius 2 is 2.22 bits per heavy atom. The van der Waals surface area contributed by atoms with Crippen molar-refractivity contribution in [1.82, 2.24) is 14.4 Å². The van der Waals surface area contributed by atoms with Crippen molar-refractivity contribution in [2.24, 2.45) is 0 Å². The summed E-state index contributed by atoms with van der Waals surface area (Å²) in [5.41, 5.74) is 1.75. The minimum absolute atomic E-state index is 0.296. The van der Waals surface area contributed by atoms with Gasteiger partial charge < -0.3 is 10.6 Å². The molecule has 2 heterocycles. The standard InChI is InChI=1S/C16H16ClN5O/c1-2-6-18-12-5-4-11(17)9-13(12)20-15(23)14-10-22-8-3-7-19-16(22)21-14/h3-5,7-10,18H,2,6H2,1H3,(H,20,23). The maximum atomic E-state index is 12.4. The summed E-state index contributed by atoms with van der Waals surface area (Å²) in [6.07, 6.45) is 6.04. The molecule has 0 aliphatic carbocycles. The molecule has 0 saturated heterocycles. The summed E-state index contributed by atoms with van der Waals surface area (Å²) in [6.45, 7) is 2.88. The number of rotatable bonds is 5. The second-order valence-corrected chi connectivity index (χ2v) is 5.46. The fourth-order valence-electron chi connectivity index (χ4n) is 2.16. The Kier molecular flexibility index (Phi) is 4.43. The van der Waals surface area contributed by atoms with Gasteiger partial charge in [0.1, 0.15) is 5.69 Å². The van der Waals surface area contributed by atoms with Gasteiger partial charge in [0.25, 0.3) is 5.91 Å². The zero-order valence-electron chi connectivity index (χ0n) is 12.6. The van der Waals surface area contributed by atoms with Crippen LogP contribution in [0.3, 0.4) is 0 Å². The van der Waals surface area contributed by atoms with Gasteiger partial charge in [-0.1, -0.05) is 18.5 Å². The molecule has 3 rings (SSSR count). The second-order valence-electron chi connectivity index (χ2n) is 5.02. The number of amides is 1. The van der Waals surface area contributed by atoms with E-state index in [0.717, 1.165) is 18.7 Å². The van der Waals surface area contributed by atoms with Crippen LogP contribution < -0.4 is 10.6 Å². The SMILES string of the molecule is CCCNc1ccc(Cl)cc1NC(=O)c1cn2cccnc2n1. The van der Waals surface area contributed by atoms with Gasteiger partial charge in [0.15, 0.2) is 0 Å². The van der Waals surface area contributed by atoms with Gasteiger partial charge in [-0.3, -0.25) is 9.20 Å². The van der Waals surface area contributed by atoms with Gasteiger partial charge in [0.05, 0.1) is 11.4 Å². The highest BCUT2D eigenvalue weighted by Crippen LogP contribution is 2.26. The van der Waals surface area contributed by atoms with Gasteiger partial charge in [-0.25, -0.2) is 9.97 Å². The van der Waals surface area contributed by atoms with Gasteiger partial charge in [-0.05, 0) is 30.7 Å². The van der Waals surface area contributed by atoms with Crippen LogP contribution >= 0.6 is 11.6 Å². The van der Waals surface area contributed by atoms with E-state index in [0.29, 0.717) is 22.2 Å². The van der Waals surface area contributed by atoms with Gasteiger partial charge in [-0.15, -0.1) is 0 Å². The molecule has 7 heteroatoms. The lowest BCUT2D eigenvalue weighted by atomic mass is 10.2. The van der Waals surface area contributed by atoms with Crippen LogP contribution in [0.4, 0.5) is 11.4 Å². The van der Waals surface area contributed by atoms with Crippen molar-refractivity contribution in [1.29, 1.82) is 0 Å². The molecule has 0 aliphatic heterocycles. The predicted molar refractivity (Wildman–Crippen MR) is 91.2 cm³/mol. The third kappa shape index (κ3) is 3.43. The maximum Gasteiger partial charge on any atom is 0.276 e. The Morgan fingerprint density at radius 3 is 3.00 bits per heavy atom. The summed E-state index contributed by atoms with van der Waals surface area (Å²) in [4.78, 5) is 20.7. The van der Waals surface area contributed by atoms with E-state index in [1.165, 1.54) is 0 Å². The molecule has 6 nitrogen and oxygen atoms in total. The highest BCUT2D eigenvalue weighted by atomic mass is 35.5. The lowest BCUT2D eigenvalue weighted by Crippen LogP contribution is -2.14. The summed E-state index contributed by atoms with van der Waals surface area (Å²) in [5, 5.41) is 6.66. The number of hydrogen-bond donors (Lipinski definition) is 2. The van der Waals surface area contributed by atoms with Crippen molar-refractivity contribution in [3.63, 3.8) is 0 Å². The number of carbonyl (C=O) groups is 1. The number of carbonyl (C=O) groups excluding carboxylic acids is 1. The topological polar surface area (TPSA) is 71.3 Å². The molecule has 2 aromatic heterocycles. The van der Waals surface area contributed by atoms with Crippen LogP contribution in [-0.2, 0) is 0 Å². The van der Waals surface area contributed by atoms with Crippen molar-refractivity contribution in [3.8, 4) is 0 Å². The van der Waals surface area contributed by atoms with E-state index in [2.05, 4.69) is 27.5 Å². The molecule has 0 saturated carbocycles. The number of nitrogens with one attached hydrogen (secondary N) is 2. The minimum atomic E-state index is -0.308. The highest BCUT2D eigenvalue weighted by molar-refractivity contribution is 6.31. The van der Waals surface area contributed by atoms with Gasteiger partial charge >= 0.3 is 0 Å². The first-order valence-corrected chi connectivity index (χ1v) is 7.69. The average Bonchev–Trinajstić information content (AvgIpc) is 2.98. The Hall–Kier alpha value is -2.60. The molecule has 1 amide bonds. The lowest BCUT2D eigenvalue weighted by Gasteiger charge is -2.12. The molecule has 23 heavy (non-hydrogen) atoms. The van der Waals surface area contributed by atoms with E-state index >= 15 is 0 Å². The first-order chi connectivity index (χ1) is 11.2. The highest BCUT2D eigenvalue weighted by Gasteiger charge is 2.13. The largest absolute Gasteiger partial charge is 0.383 e. The smallest absolute Gasteiger partial charge is 0.276 e. The van der Waals surface area contributed by atoms with Crippen LogP contribution in [0.2, 0.25) is 5.02 Å². The number of anilines is 2. The van der Waals surface area contributed by atoms with E-state index in [1.54, 1.807) is 41.2 Å². The van der Waals surface area contributed by atoms with Crippen molar-refractivity contribution in [3.05, 3.63) is 53.6 Å². The van der Waals surface area contributed by atoms with Gasteiger partial charge in [0, 0.05) is 30.2 Å². The molecule has 0 radical (unpaired) electrons. The van der Waals surface area contributed by atoms with Crippen LogP contribution in [0, 0.1) is 0 Å². The maximum absolute atomic E-state index is 12.4. The van der Waals surface area contributed by atoms with Crippen molar-refractivity contribution in [2.75, 3.05) is 17.2 Å². The molecule has 0 atom stereocenters. The average molecular weight is 330 g/mol. The fraction of sp³-hybridized carbons (Fsp3) is 0.188. The summed E-state index contributed by atoms with van der Waals surface area (Å²) in [5.74, 6) is 0.172. The van der Waals surface area contributed by atoms with E-state index < -0.39 is 0 Å². The van der Waals surface area contributed by atoms with Crippen LogP contribution in [-0.4, -0.2) is 26.8 Å². The Morgan fingerprint density at radius 1 is 1.35 bits per heavy atom. The van der Waals surface area contributed by atoms with E-state index in [1.807, 2.05) is 6.07 Å². The van der Waals surface area contributed by atoms with Gasteiger partial charge in [-0.2, -0.15) is 0 Å². The summed E-state index contributed by atoms with van der Waals surface area (Å²) in [7, 11) is 0. The third-order valence-corrected chi connectivity index (χ3v) is 3.50. The van der Waals surface area contributed by atoms with Crippen molar-refractivity contribution in [2.45, 2.75) is 13.3 Å². The molecule has 118 valence electrons.